The zero-order valence-corrected chi connectivity index (χ0v) is 19.4. The third-order valence-electron chi connectivity index (χ3n) is 7.40. The number of ether oxygens (including phenoxy) is 2. The monoisotopic (exact) mass is 453 g/mol. The van der Waals surface area contributed by atoms with E-state index in [0.717, 1.165) is 34.1 Å². The summed E-state index contributed by atoms with van der Waals surface area (Å²) in [5, 5.41) is 12.1. The smallest absolute Gasteiger partial charge is 0.268 e. The van der Waals surface area contributed by atoms with Crippen molar-refractivity contribution >= 4 is 20.9 Å². The van der Waals surface area contributed by atoms with Gasteiger partial charge in [-0.1, -0.05) is 24.6 Å². The molecule has 2 heterocycles. The molecular formula is C25H27NO5S. The van der Waals surface area contributed by atoms with Gasteiger partial charge in [0.05, 0.1) is 22.6 Å². The van der Waals surface area contributed by atoms with Crippen molar-refractivity contribution in [2.45, 2.75) is 75.3 Å². The highest BCUT2D eigenvalue weighted by molar-refractivity contribution is 7.90. The van der Waals surface area contributed by atoms with Crippen molar-refractivity contribution in [3.8, 4) is 5.75 Å². The minimum absolute atomic E-state index is 0.00176. The lowest BCUT2D eigenvalue weighted by Crippen LogP contribution is -2.29. The van der Waals surface area contributed by atoms with Crippen LogP contribution in [0.1, 0.15) is 61.3 Å². The van der Waals surface area contributed by atoms with Crippen molar-refractivity contribution in [3.63, 3.8) is 0 Å². The van der Waals surface area contributed by atoms with Crippen molar-refractivity contribution in [1.29, 1.82) is 0 Å². The number of fused-ring (bicyclic) bond motifs is 10. The van der Waals surface area contributed by atoms with Gasteiger partial charge in [0, 0.05) is 34.5 Å². The zero-order chi connectivity index (χ0) is 22.6. The molecule has 0 spiro atoms. The van der Waals surface area contributed by atoms with Crippen molar-refractivity contribution in [1.82, 2.24) is 3.97 Å². The largest absolute Gasteiger partial charge is 0.507 e. The minimum atomic E-state index is -3.80. The average molecular weight is 454 g/mol. The van der Waals surface area contributed by atoms with Crippen molar-refractivity contribution in [3.05, 3.63) is 58.8 Å². The van der Waals surface area contributed by atoms with E-state index in [2.05, 4.69) is 0 Å². The van der Waals surface area contributed by atoms with E-state index in [1.807, 2.05) is 45.9 Å². The molecule has 4 atom stereocenters. The highest BCUT2D eigenvalue weighted by Gasteiger charge is 2.60. The second-order valence-corrected chi connectivity index (χ2v) is 11.5. The van der Waals surface area contributed by atoms with Crippen LogP contribution in [-0.4, -0.2) is 35.5 Å². The fourth-order valence-corrected chi connectivity index (χ4v) is 7.51. The Morgan fingerprint density at radius 1 is 1.06 bits per heavy atom. The van der Waals surface area contributed by atoms with Crippen molar-refractivity contribution in [2.75, 3.05) is 0 Å². The van der Waals surface area contributed by atoms with Crippen LogP contribution in [0.5, 0.6) is 5.75 Å². The maximum atomic E-state index is 13.7. The van der Waals surface area contributed by atoms with Gasteiger partial charge < -0.3 is 14.6 Å². The van der Waals surface area contributed by atoms with Gasteiger partial charge in [-0.15, -0.1) is 0 Å². The Balaban J connectivity index is 1.63. The third-order valence-corrected chi connectivity index (χ3v) is 9.09. The first kappa shape index (κ1) is 20.3. The number of phenolic OH excluding ortho intramolecular Hbond substituents is 1. The van der Waals surface area contributed by atoms with E-state index < -0.39 is 15.8 Å². The molecule has 0 amide bonds. The van der Waals surface area contributed by atoms with Gasteiger partial charge in [0.1, 0.15) is 5.75 Å². The van der Waals surface area contributed by atoms with E-state index >= 15 is 0 Å². The Morgan fingerprint density at radius 3 is 2.31 bits per heavy atom. The summed E-state index contributed by atoms with van der Waals surface area (Å²) in [6.07, 6.45) is 2.78. The van der Waals surface area contributed by atoms with E-state index in [0.29, 0.717) is 17.7 Å². The van der Waals surface area contributed by atoms with Crippen molar-refractivity contribution in [2.24, 2.45) is 0 Å². The summed E-state index contributed by atoms with van der Waals surface area (Å²) in [7, 11) is -3.80. The van der Waals surface area contributed by atoms with Crippen LogP contribution >= 0.6 is 0 Å². The van der Waals surface area contributed by atoms with Crippen LogP contribution in [0.15, 0.2) is 41.4 Å². The maximum absolute atomic E-state index is 13.7. The lowest BCUT2D eigenvalue weighted by molar-refractivity contribution is -0.153. The van der Waals surface area contributed by atoms with Crippen LogP contribution in [-0.2, 0) is 25.9 Å². The lowest BCUT2D eigenvalue weighted by Gasteiger charge is -2.28. The normalized spacial score (nSPS) is 27.8. The number of rotatable bonds is 3. The van der Waals surface area contributed by atoms with Crippen LogP contribution in [0.3, 0.4) is 0 Å². The molecule has 2 unspecified atom stereocenters. The minimum Gasteiger partial charge on any atom is -0.507 e. The number of aromatic nitrogens is 1. The zero-order valence-electron chi connectivity index (χ0n) is 18.6. The Labute approximate surface area is 187 Å². The molecule has 2 aliphatic carbocycles. The number of hydrogen-bond donors (Lipinski definition) is 1. The number of hydrogen-bond acceptors (Lipinski definition) is 5. The fourth-order valence-electron chi connectivity index (χ4n) is 6.15. The maximum Gasteiger partial charge on any atom is 0.268 e. The summed E-state index contributed by atoms with van der Waals surface area (Å²) in [4.78, 5) is 0.253. The number of benzene rings is 2. The predicted molar refractivity (Wildman–Crippen MR) is 121 cm³/mol. The van der Waals surface area contributed by atoms with E-state index in [4.69, 9.17) is 9.47 Å². The molecule has 2 aromatic carbocycles. The van der Waals surface area contributed by atoms with Gasteiger partial charge in [-0.05, 0) is 57.4 Å². The molecule has 1 aromatic heterocycles. The molecule has 3 aliphatic rings. The Morgan fingerprint density at radius 2 is 1.69 bits per heavy atom. The van der Waals surface area contributed by atoms with Gasteiger partial charge in [0.15, 0.2) is 5.79 Å². The molecular weight excluding hydrogens is 426 g/mol. The standard InChI is InChI=1S/C25H27NO5S/c1-5-15-16-10-11-26(32(28,29)14-8-6-13(2)7-9-14)21(16)19-17-12-18(20(19)22(15)27)24-23(17)30-25(3,4)31-24/h6-11,17-18,23-24,27H,5,12H2,1-4H3/t17-,18+,23?,24?/m1/s1. The summed E-state index contributed by atoms with van der Waals surface area (Å²) >= 11 is 0. The molecule has 32 heavy (non-hydrogen) atoms. The fraction of sp³-hybridized carbons (Fsp3) is 0.440. The first-order valence-electron chi connectivity index (χ1n) is 11.2. The average Bonchev–Trinajstić information content (AvgIpc) is 3.46. The SMILES string of the molecule is CCc1c(O)c2c(c3c1ccn3S(=O)(=O)c1ccc(C)cc1)[C@H]1C[C@@H]2C2OC(C)(C)OC21. The molecule has 2 bridgehead atoms. The quantitative estimate of drug-likeness (QED) is 0.629. The number of aromatic hydroxyl groups is 1. The molecule has 6 nitrogen and oxygen atoms in total. The number of aryl methyl sites for hydroxylation is 2. The Hall–Kier alpha value is -2.35. The first-order chi connectivity index (χ1) is 15.1. The van der Waals surface area contributed by atoms with Crippen LogP contribution in [0.4, 0.5) is 0 Å². The number of phenols is 1. The van der Waals surface area contributed by atoms with Gasteiger partial charge in [0.25, 0.3) is 10.0 Å². The van der Waals surface area contributed by atoms with Gasteiger partial charge in [-0.2, -0.15) is 0 Å². The Kier molecular flexibility index (Phi) is 4.03. The van der Waals surface area contributed by atoms with Gasteiger partial charge in [-0.25, -0.2) is 12.4 Å². The van der Waals surface area contributed by atoms with Crippen molar-refractivity contribution < 1.29 is 23.0 Å². The highest BCUT2D eigenvalue weighted by Crippen LogP contribution is 2.63. The van der Waals surface area contributed by atoms with Crippen LogP contribution in [0.2, 0.25) is 0 Å². The summed E-state index contributed by atoms with van der Waals surface area (Å²) in [6, 6.07) is 8.74. The van der Waals surface area contributed by atoms with E-state index in [-0.39, 0.29) is 28.9 Å². The summed E-state index contributed by atoms with van der Waals surface area (Å²) in [5.74, 6) is -0.406. The molecule has 6 rings (SSSR count). The summed E-state index contributed by atoms with van der Waals surface area (Å²) in [5.41, 5.74) is 4.22. The first-order valence-corrected chi connectivity index (χ1v) is 12.6. The van der Waals surface area contributed by atoms with Gasteiger partial charge in [0.2, 0.25) is 0 Å². The Bertz CT molecular complexity index is 1370. The summed E-state index contributed by atoms with van der Waals surface area (Å²) < 4.78 is 41.2. The second kappa shape index (κ2) is 6.37. The molecule has 3 aromatic rings. The van der Waals surface area contributed by atoms with E-state index in [1.54, 1.807) is 18.3 Å². The van der Waals surface area contributed by atoms with Gasteiger partial charge >= 0.3 is 0 Å². The van der Waals surface area contributed by atoms with E-state index in [9.17, 15) is 13.5 Å². The highest BCUT2D eigenvalue weighted by atomic mass is 32.2. The summed E-state index contributed by atoms with van der Waals surface area (Å²) in [6.45, 7) is 7.74. The molecule has 2 fully saturated rings. The topological polar surface area (TPSA) is 77.8 Å². The van der Waals surface area contributed by atoms with Crippen LogP contribution < -0.4 is 0 Å². The third kappa shape index (κ3) is 2.50. The molecule has 1 N–H and O–H groups in total. The second-order valence-electron chi connectivity index (χ2n) is 9.71. The van der Waals surface area contributed by atoms with Gasteiger partial charge in [-0.3, -0.25) is 0 Å². The lowest BCUT2D eigenvalue weighted by atomic mass is 9.84. The van der Waals surface area contributed by atoms with Crippen LogP contribution in [0.25, 0.3) is 10.9 Å². The molecule has 1 saturated heterocycles. The molecule has 7 heteroatoms. The predicted octanol–water partition coefficient (Wildman–Crippen LogP) is 4.56. The van der Waals surface area contributed by atoms with Crippen LogP contribution in [0, 0.1) is 6.92 Å². The van der Waals surface area contributed by atoms with E-state index in [1.165, 1.54) is 3.97 Å². The molecule has 168 valence electrons. The molecule has 0 radical (unpaired) electrons. The molecule has 1 aliphatic heterocycles. The molecule has 1 saturated carbocycles. The number of nitrogens with zero attached hydrogens (tertiary/aromatic N) is 1.